The van der Waals surface area contributed by atoms with Crippen molar-refractivity contribution in [2.24, 2.45) is 0 Å². The molecule has 1 amide bonds. The summed E-state index contributed by atoms with van der Waals surface area (Å²) in [5.41, 5.74) is 7.48. The number of aromatic nitrogens is 2. The summed E-state index contributed by atoms with van der Waals surface area (Å²) in [5.74, 6) is -0.551. The molecule has 2 N–H and O–H groups in total. The molecule has 2 aromatic heterocycles. The van der Waals surface area contributed by atoms with Gasteiger partial charge in [0.25, 0.3) is 5.91 Å². The zero-order chi connectivity index (χ0) is 21.7. The second-order valence-corrected chi connectivity index (χ2v) is 8.54. The molecule has 6 rings (SSSR count). The number of amides is 1. The fourth-order valence-electron chi connectivity index (χ4n) is 5.04. The van der Waals surface area contributed by atoms with E-state index in [1.54, 1.807) is 6.07 Å². The Balaban J connectivity index is 1.50. The van der Waals surface area contributed by atoms with E-state index in [1.807, 2.05) is 30.5 Å². The number of rotatable bonds is 3. The molecular weight excluding hydrogens is 401 g/mol. The number of nitrogens with one attached hydrogen (secondary N) is 2. The number of aryl methyl sites for hydroxylation is 1. The van der Waals surface area contributed by atoms with Crippen LogP contribution < -0.4 is 5.32 Å². The molecule has 5 heteroatoms. The molecule has 0 fully saturated rings. The van der Waals surface area contributed by atoms with E-state index in [0.717, 1.165) is 42.5 Å². The van der Waals surface area contributed by atoms with Crippen molar-refractivity contribution in [3.8, 4) is 0 Å². The van der Waals surface area contributed by atoms with E-state index in [9.17, 15) is 9.18 Å². The van der Waals surface area contributed by atoms with Crippen LogP contribution in [0.15, 0.2) is 54.7 Å². The maximum Gasteiger partial charge on any atom is 0.256 e. The number of carbonyl (C=O) groups excluding carboxylic acids is 1. The van der Waals surface area contributed by atoms with Crippen LogP contribution in [0.4, 0.5) is 10.1 Å². The molecule has 2 aliphatic rings. The quantitative estimate of drug-likeness (QED) is 0.418. The van der Waals surface area contributed by atoms with Crippen molar-refractivity contribution in [3.63, 3.8) is 0 Å². The average Bonchev–Trinajstić information content (AvgIpc) is 3.31. The van der Waals surface area contributed by atoms with Crippen molar-refractivity contribution in [3.05, 3.63) is 94.3 Å². The maximum atomic E-state index is 13.9. The van der Waals surface area contributed by atoms with Crippen LogP contribution in [0.3, 0.4) is 0 Å². The number of hydrogen-bond donors (Lipinski definition) is 2. The van der Waals surface area contributed by atoms with E-state index in [-0.39, 0.29) is 11.7 Å². The van der Waals surface area contributed by atoms with E-state index >= 15 is 0 Å². The fourth-order valence-corrected chi connectivity index (χ4v) is 5.04. The van der Waals surface area contributed by atoms with Gasteiger partial charge in [-0.2, -0.15) is 0 Å². The second-order valence-electron chi connectivity index (χ2n) is 8.54. The van der Waals surface area contributed by atoms with Crippen molar-refractivity contribution in [1.82, 2.24) is 9.97 Å². The van der Waals surface area contributed by atoms with Gasteiger partial charge in [-0.1, -0.05) is 24.3 Å². The molecule has 0 bridgehead atoms. The van der Waals surface area contributed by atoms with Gasteiger partial charge >= 0.3 is 0 Å². The lowest BCUT2D eigenvalue weighted by molar-refractivity contribution is -0.110. The van der Waals surface area contributed by atoms with Crippen LogP contribution in [0.5, 0.6) is 0 Å². The Morgan fingerprint density at radius 2 is 1.94 bits per heavy atom. The monoisotopic (exact) mass is 423 g/mol. The number of halogens is 1. The number of anilines is 1. The second kappa shape index (κ2) is 7.45. The van der Waals surface area contributed by atoms with Crippen molar-refractivity contribution in [2.75, 3.05) is 5.32 Å². The lowest BCUT2D eigenvalue weighted by atomic mass is 9.91. The van der Waals surface area contributed by atoms with Gasteiger partial charge in [-0.3, -0.25) is 9.78 Å². The summed E-state index contributed by atoms with van der Waals surface area (Å²) in [4.78, 5) is 21.0. The molecule has 4 aromatic rings. The third-order valence-electron chi connectivity index (χ3n) is 6.60. The molecule has 32 heavy (non-hydrogen) atoms. The first-order valence-corrected chi connectivity index (χ1v) is 11.1. The lowest BCUT2D eigenvalue weighted by Gasteiger charge is -2.13. The molecule has 1 aliphatic carbocycles. The molecule has 0 saturated heterocycles. The van der Waals surface area contributed by atoms with E-state index in [0.29, 0.717) is 23.2 Å². The summed E-state index contributed by atoms with van der Waals surface area (Å²) < 4.78 is 13.9. The molecule has 4 nitrogen and oxygen atoms in total. The summed E-state index contributed by atoms with van der Waals surface area (Å²) in [5, 5.41) is 5.16. The molecular formula is C27H22FN3O. The molecule has 0 unspecified atom stereocenters. The minimum Gasteiger partial charge on any atom is -0.358 e. The third kappa shape index (κ3) is 3.12. The highest BCUT2D eigenvalue weighted by Crippen LogP contribution is 2.36. The van der Waals surface area contributed by atoms with Crippen LogP contribution in [-0.2, 0) is 24.1 Å². The van der Waals surface area contributed by atoms with Gasteiger partial charge in [0.2, 0.25) is 0 Å². The topological polar surface area (TPSA) is 57.8 Å². The number of benzene rings is 2. The molecule has 0 atom stereocenters. The van der Waals surface area contributed by atoms with Gasteiger partial charge in [0, 0.05) is 40.6 Å². The highest BCUT2D eigenvalue weighted by Gasteiger charge is 2.27. The third-order valence-corrected chi connectivity index (χ3v) is 6.60. The Hall–Kier alpha value is -3.73. The highest BCUT2D eigenvalue weighted by atomic mass is 19.1. The van der Waals surface area contributed by atoms with Crippen molar-refractivity contribution < 1.29 is 9.18 Å². The van der Waals surface area contributed by atoms with Gasteiger partial charge in [-0.05, 0) is 72.5 Å². The number of pyridine rings is 1. The van der Waals surface area contributed by atoms with E-state index in [4.69, 9.17) is 4.98 Å². The van der Waals surface area contributed by atoms with Gasteiger partial charge in [0.1, 0.15) is 5.82 Å². The van der Waals surface area contributed by atoms with Crippen molar-refractivity contribution >= 4 is 34.0 Å². The lowest BCUT2D eigenvalue weighted by Crippen LogP contribution is -2.04. The van der Waals surface area contributed by atoms with E-state index in [2.05, 4.69) is 22.4 Å². The summed E-state index contributed by atoms with van der Waals surface area (Å²) in [6.07, 6.45) is 8.77. The number of carbonyl (C=O) groups is 1. The SMILES string of the molecule is O=C1Nc2ccc(F)cc2C1=Cc1[nH]c2c(c1Cc1nccc3ccccc13)CCCC2. The Bertz CT molecular complexity index is 1410. The molecule has 0 spiro atoms. The summed E-state index contributed by atoms with van der Waals surface area (Å²) >= 11 is 0. The largest absolute Gasteiger partial charge is 0.358 e. The Morgan fingerprint density at radius 1 is 1.06 bits per heavy atom. The highest BCUT2D eigenvalue weighted by molar-refractivity contribution is 6.34. The molecule has 3 heterocycles. The summed E-state index contributed by atoms with van der Waals surface area (Å²) in [7, 11) is 0. The number of nitrogens with zero attached hydrogens (tertiary/aromatic N) is 1. The van der Waals surface area contributed by atoms with Crippen LogP contribution in [0, 0.1) is 5.82 Å². The number of H-pyrrole nitrogens is 1. The summed E-state index contributed by atoms with van der Waals surface area (Å²) in [6, 6.07) is 14.7. The standard InChI is InChI=1S/C27H22FN3O/c28-17-9-10-24-20(13-17)22(27(32)31-24)15-26-21(19-7-3-4-8-23(19)30-26)14-25-18-6-2-1-5-16(18)11-12-29-25/h1-2,5-6,9-13,15,30H,3-4,7-8,14H2,(H,31,32). The number of fused-ring (bicyclic) bond motifs is 3. The van der Waals surface area contributed by atoms with Crippen molar-refractivity contribution in [1.29, 1.82) is 0 Å². The van der Waals surface area contributed by atoms with Crippen LogP contribution >= 0.6 is 0 Å². The number of hydrogen-bond acceptors (Lipinski definition) is 2. The first kappa shape index (κ1) is 19.0. The van der Waals surface area contributed by atoms with Crippen LogP contribution in [0.25, 0.3) is 22.4 Å². The van der Waals surface area contributed by atoms with Gasteiger partial charge in [-0.15, -0.1) is 0 Å². The normalized spacial score (nSPS) is 16.3. The predicted octanol–water partition coefficient (Wildman–Crippen LogP) is 5.66. The molecule has 0 saturated carbocycles. The molecule has 158 valence electrons. The maximum absolute atomic E-state index is 13.9. The molecule has 0 radical (unpaired) electrons. The van der Waals surface area contributed by atoms with Gasteiger partial charge in [0.05, 0.1) is 11.3 Å². The van der Waals surface area contributed by atoms with Gasteiger partial charge < -0.3 is 10.3 Å². The smallest absolute Gasteiger partial charge is 0.256 e. The van der Waals surface area contributed by atoms with Gasteiger partial charge in [-0.25, -0.2) is 4.39 Å². The Kier molecular flexibility index (Phi) is 4.42. The average molecular weight is 423 g/mol. The van der Waals surface area contributed by atoms with Crippen molar-refractivity contribution in [2.45, 2.75) is 32.1 Å². The number of aromatic amines is 1. The van der Waals surface area contributed by atoms with Crippen LogP contribution in [-0.4, -0.2) is 15.9 Å². The first-order chi connectivity index (χ1) is 15.7. The minimum atomic E-state index is -0.350. The predicted molar refractivity (Wildman–Crippen MR) is 125 cm³/mol. The van der Waals surface area contributed by atoms with Crippen LogP contribution in [0.1, 0.15) is 46.6 Å². The minimum absolute atomic E-state index is 0.201. The molecule has 1 aliphatic heterocycles. The first-order valence-electron chi connectivity index (χ1n) is 11.1. The fraction of sp³-hybridized carbons (Fsp3) is 0.185. The zero-order valence-corrected chi connectivity index (χ0v) is 17.5. The Morgan fingerprint density at radius 3 is 2.88 bits per heavy atom. The van der Waals surface area contributed by atoms with E-state index < -0.39 is 0 Å². The Labute approximate surface area is 185 Å². The summed E-state index contributed by atoms with van der Waals surface area (Å²) in [6.45, 7) is 0. The molecule has 2 aromatic carbocycles. The van der Waals surface area contributed by atoms with Gasteiger partial charge in [0.15, 0.2) is 0 Å². The van der Waals surface area contributed by atoms with Crippen LogP contribution in [0.2, 0.25) is 0 Å². The van der Waals surface area contributed by atoms with E-state index in [1.165, 1.54) is 34.3 Å². The zero-order valence-electron chi connectivity index (χ0n) is 17.5.